The smallest absolute Gasteiger partial charge is 0.315 e. The molecule has 1 aromatic rings. The van der Waals surface area contributed by atoms with Crippen LogP contribution in [0.4, 0.5) is 4.79 Å². The molecule has 82 valence electrons. The number of fused-ring (bicyclic) bond motifs is 1. The van der Waals surface area contributed by atoms with Crippen LogP contribution in [0.3, 0.4) is 0 Å². The summed E-state index contributed by atoms with van der Waals surface area (Å²) in [7, 11) is 0. The summed E-state index contributed by atoms with van der Waals surface area (Å²) in [6.45, 7) is 0.853. The summed E-state index contributed by atoms with van der Waals surface area (Å²) in [5, 5.41) is 2.29. The maximum absolute atomic E-state index is 11.4. The highest BCUT2D eigenvalue weighted by Crippen LogP contribution is 2.35. The number of carbonyl (C=O) groups is 2. The number of nitrogens with one attached hydrogen (secondary N) is 1. The molecule has 1 aliphatic carbocycles. The molecule has 1 aliphatic heterocycles. The summed E-state index contributed by atoms with van der Waals surface area (Å²) in [6, 6.07) is 8.00. The van der Waals surface area contributed by atoms with E-state index in [9.17, 15) is 9.59 Å². The van der Waals surface area contributed by atoms with Crippen molar-refractivity contribution >= 4 is 11.9 Å². The average Bonchev–Trinajstić information content (AvgIpc) is 2.54. The molecular formula is C12H12N2O2. The second kappa shape index (κ2) is 3.33. The van der Waals surface area contributed by atoms with Gasteiger partial charge in [0.2, 0.25) is 5.91 Å². The number of hydrogen-bond donors (Lipinski definition) is 1. The molecule has 0 aromatic heterocycles. The van der Waals surface area contributed by atoms with Gasteiger partial charge in [-0.2, -0.15) is 0 Å². The van der Waals surface area contributed by atoms with Crippen molar-refractivity contribution in [1.29, 1.82) is 0 Å². The summed E-state index contributed by atoms with van der Waals surface area (Å²) in [6.07, 6.45) is 1.01. The van der Waals surface area contributed by atoms with Crippen LogP contribution in [0.5, 0.6) is 0 Å². The molecule has 1 N–H and O–H groups in total. The molecule has 2 aliphatic rings. The molecule has 1 unspecified atom stereocenters. The average molecular weight is 216 g/mol. The van der Waals surface area contributed by atoms with E-state index < -0.39 is 0 Å². The lowest BCUT2D eigenvalue weighted by molar-refractivity contribution is -0.118. The van der Waals surface area contributed by atoms with Crippen LogP contribution in [0.25, 0.3) is 0 Å². The summed E-state index contributed by atoms with van der Waals surface area (Å²) >= 11 is 0. The molecule has 1 aromatic carbocycles. The zero-order valence-electron chi connectivity index (χ0n) is 8.77. The highest BCUT2D eigenvalue weighted by atomic mass is 16.2. The van der Waals surface area contributed by atoms with Crippen LogP contribution in [0.15, 0.2) is 24.3 Å². The largest absolute Gasteiger partial charge is 0.324 e. The van der Waals surface area contributed by atoms with Crippen molar-refractivity contribution in [2.45, 2.75) is 12.3 Å². The predicted molar refractivity (Wildman–Crippen MR) is 58.0 cm³/mol. The van der Waals surface area contributed by atoms with Gasteiger partial charge >= 0.3 is 6.03 Å². The highest BCUT2D eigenvalue weighted by molar-refractivity contribution is 6.01. The first kappa shape index (κ1) is 9.39. The molecule has 1 saturated heterocycles. The van der Waals surface area contributed by atoms with Crippen LogP contribution in [0, 0.1) is 0 Å². The molecule has 0 radical (unpaired) electrons. The molecule has 0 spiro atoms. The number of benzene rings is 1. The molecule has 1 heterocycles. The Balaban J connectivity index is 1.70. The third kappa shape index (κ3) is 1.38. The van der Waals surface area contributed by atoms with Gasteiger partial charge in [0.1, 0.15) is 6.54 Å². The number of nitrogens with zero attached hydrogens (tertiary/aromatic N) is 1. The van der Waals surface area contributed by atoms with E-state index in [4.69, 9.17) is 0 Å². The van der Waals surface area contributed by atoms with E-state index in [0.717, 1.165) is 6.42 Å². The fourth-order valence-electron chi connectivity index (χ4n) is 2.42. The van der Waals surface area contributed by atoms with Crippen molar-refractivity contribution < 1.29 is 9.59 Å². The Labute approximate surface area is 93.2 Å². The molecule has 4 nitrogen and oxygen atoms in total. The van der Waals surface area contributed by atoms with Crippen LogP contribution in [0.2, 0.25) is 0 Å². The van der Waals surface area contributed by atoms with Gasteiger partial charge in [-0.1, -0.05) is 24.3 Å². The Kier molecular flexibility index (Phi) is 1.96. The van der Waals surface area contributed by atoms with Crippen molar-refractivity contribution in [2.24, 2.45) is 0 Å². The van der Waals surface area contributed by atoms with E-state index >= 15 is 0 Å². The minimum atomic E-state index is -0.255. The number of carbonyl (C=O) groups excluding carboxylic acids is 2. The number of imide groups is 1. The normalized spacial score (nSPS) is 22.8. The first-order chi connectivity index (χ1) is 7.74. The van der Waals surface area contributed by atoms with Crippen molar-refractivity contribution in [2.75, 3.05) is 13.1 Å². The summed E-state index contributed by atoms with van der Waals surface area (Å²) in [4.78, 5) is 24.0. The van der Waals surface area contributed by atoms with Crippen LogP contribution in [-0.2, 0) is 11.2 Å². The Hall–Kier alpha value is -1.84. The van der Waals surface area contributed by atoms with E-state index in [0.29, 0.717) is 12.5 Å². The minimum Gasteiger partial charge on any atom is -0.315 e. The Morgan fingerprint density at radius 2 is 2.12 bits per heavy atom. The van der Waals surface area contributed by atoms with E-state index in [1.807, 2.05) is 12.1 Å². The van der Waals surface area contributed by atoms with Gasteiger partial charge in [0.15, 0.2) is 0 Å². The third-order valence-corrected chi connectivity index (χ3v) is 3.27. The standard InChI is InChI=1S/C12H12N2O2/c15-11-7-14(12(16)13-11)6-9-5-8-3-1-2-4-10(8)9/h1-4,9H,5-7H2,(H,13,15,16). The summed E-state index contributed by atoms with van der Waals surface area (Å²) in [5.41, 5.74) is 2.67. The fourth-order valence-corrected chi connectivity index (χ4v) is 2.42. The fraction of sp³-hybridized carbons (Fsp3) is 0.333. The number of hydrogen-bond acceptors (Lipinski definition) is 2. The van der Waals surface area contributed by atoms with Crippen molar-refractivity contribution in [3.05, 3.63) is 35.4 Å². The predicted octanol–water partition coefficient (Wildman–Crippen LogP) is 0.878. The maximum atomic E-state index is 11.4. The second-order valence-corrected chi connectivity index (χ2v) is 4.33. The van der Waals surface area contributed by atoms with Crippen molar-refractivity contribution in [3.8, 4) is 0 Å². The van der Waals surface area contributed by atoms with Gasteiger partial charge in [0, 0.05) is 12.5 Å². The van der Waals surface area contributed by atoms with Gasteiger partial charge in [0.05, 0.1) is 0 Å². The molecular weight excluding hydrogens is 204 g/mol. The third-order valence-electron chi connectivity index (χ3n) is 3.27. The van der Waals surface area contributed by atoms with Crippen LogP contribution in [-0.4, -0.2) is 29.9 Å². The minimum absolute atomic E-state index is 0.197. The quantitative estimate of drug-likeness (QED) is 0.746. The topological polar surface area (TPSA) is 49.4 Å². The van der Waals surface area contributed by atoms with Gasteiger partial charge in [-0.3, -0.25) is 10.1 Å². The molecule has 0 saturated carbocycles. The molecule has 1 atom stereocenters. The first-order valence-electron chi connectivity index (χ1n) is 5.40. The lowest BCUT2D eigenvalue weighted by atomic mass is 9.77. The highest BCUT2D eigenvalue weighted by Gasteiger charge is 2.33. The summed E-state index contributed by atoms with van der Waals surface area (Å²) in [5.74, 6) is 0.199. The van der Waals surface area contributed by atoms with Crippen LogP contribution < -0.4 is 5.32 Å². The Bertz CT molecular complexity index is 470. The first-order valence-corrected chi connectivity index (χ1v) is 5.40. The van der Waals surface area contributed by atoms with Gasteiger partial charge in [-0.15, -0.1) is 0 Å². The maximum Gasteiger partial charge on any atom is 0.324 e. The van der Waals surface area contributed by atoms with Crippen LogP contribution >= 0.6 is 0 Å². The second-order valence-electron chi connectivity index (χ2n) is 4.33. The number of rotatable bonds is 2. The van der Waals surface area contributed by atoms with Gasteiger partial charge < -0.3 is 4.90 Å². The zero-order valence-corrected chi connectivity index (χ0v) is 8.77. The van der Waals surface area contributed by atoms with Crippen LogP contribution in [0.1, 0.15) is 17.0 Å². The van der Waals surface area contributed by atoms with Crippen molar-refractivity contribution in [1.82, 2.24) is 10.2 Å². The van der Waals surface area contributed by atoms with E-state index in [2.05, 4.69) is 17.4 Å². The number of amides is 3. The zero-order chi connectivity index (χ0) is 11.1. The van der Waals surface area contributed by atoms with Crippen molar-refractivity contribution in [3.63, 3.8) is 0 Å². The van der Waals surface area contributed by atoms with E-state index in [1.54, 1.807) is 4.90 Å². The molecule has 0 bridgehead atoms. The SMILES string of the molecule is O=C1CN(CC2Cc3ccccc32)C(=O)N1. The van der Waals surface area contributed by atoms with Gasteiger partial charge in [-0.25, -0.2) is 4.79 Å². The Morgan fingerprint density at radius 3 is 2.81 bits per heavy atom. The lowest BCUT2D eigenvalue weighted by Crippen LogP contribution is -2.35. The monoisotopic (exact) mass is 216 g/mol. The molecule has 16 heavy (non-hydrogen) atoms. The molecule has 1 fully saturated rings. The summed E-state index contributed by atoms with van der Waals surface area (Å²) < 4.78 is 0. The molecule has 3 rings (SSSR count). The Morgan fingerprint density at radius 1 is 1.31 bits per heavy atom. The van der Waals surface area contributed by atoms with E-state index in [-0.39, 0.29) is 18.5 Å². The lowest BCUT2D eigenvalue weighted by Gasteiger charge is -2.32. The van der Waals surface area contributed by atoms with Gasteiger partial charge in [-0.05, 0) is 17.5 Å². The van der Waals surface area contributed by atoms with Gasteiger partial charge in [0.25, 0.3) is 0 Å². The number of urea groups is 1. The molecule has 4 heteroatoms. The van der Waals surface area contributed by atoms with E-state index in [1.165, 1.54) is 11.1 Å². The molecule has 3 amide bonds.